The zero-order valence-electron chi connectivity index (χ0n) is 14.1. The van der Waals surface area contributed by atoms with Gasteiger partial charge in [0.2, 0.25) is 11.8 Å². The summed E-state index contributed by atoms with van der Waals surface area (Å²) in [5.74, 6) is 0.352. The van der Waals surface area contributed by atoms with Gasteiger partial charge in [-0.1, -0.05) is 36.8 Å². The molecule has 1 rings (SSSR count). The number of carbonyl (C=O) groups is 2. The van der Waals surface area contributed by atoms with Gasteiger partial charge in [0.1, 0.15) is 5.82 Å². The monoisotopic (exact) mass is 327 g/mol. The Morgan fingerprint density at radius 1 is 1.08 bits per heavy atom. The Bertz CT molecular complexity index is 592. The van der Waals surface area contributed by atoms with Crippen LogP contribution in [0.3, 0.4) is 0 Å². The quantitative estimate of drug-likeness (QED) is 0.390. The smallest absolute Gasteiger partial charge is 0.225 e. The highest BCUT2D eigenvalue weighted by molar-refractivity contribution is 5.90. The molecule has 0 aliphatic carbocycles. The van der Waals surface area contributed by atoms with Crippen molar-refractivity contribution in [1.29, 1.82) is 0 Å². The van der Waals surface area contributed by atoms with E-state index in [1.807, 2.05) is 43.3 Å². The number of anilines is 1. The van der Waals surface area contributed by atoms with Crippen molar-refractivity contribution in [2.45, 2.75) is 39.0 Å². The van der Waals surface area contributed by atoms with E-state index in [-0.39, 0.29) is 11.8 Å². The van der Waals surface area contributed by atoms with Crippen LogP contribution in [-0.4, -0.2) is 18.5 Å². The van der Waals surface area contributed by atoms with E-state index in [1.54, 1.807) is 12.2 Å². The minimum atomic E-state index is -0.0908. The molecule has 2 N–H and O–H groups in total. The van der Waals surface area contributed by atoms with Crippen molar-refractivity contribution < 1.29 is 9.59 Å². The van der Waals surface area contributed by atoms with E-state index in [9.17, 15) is 9.59 Å². The van der Waals surface area contributed by atoms with E-state index < -0.39 is 0 Å². The number of allylic oxidation sites excluding steroid dienone is 3. The van der Waals surface area contributed by atoms with Crippen LogP contribution in [0.1, 0.15) is 39.0 Å². The van der Waals surface area contributed by atoms with E-state index in [1.165, 1.54) is 0 Å². The lowest BCUT2D eigenvalue weighted by molar-refractivity contribution is -0.120. The SMILES string of the molecule is C=N/C(=C\C=C/C)NC(=O)CCCCCC(=O)Nc1ccccc1. The lowest BCUT2D eigenvalue weighted by atomic mass is 10.1. The molecule has 2 amide bonds. The fourth-order valence-corrected chi connectivity index (χ4v) is 2.02. The third-order valence-corrected chi connectivity index (χ3v) is 3.25. The van der Waals surface area contributed by atoms with Gasteiger partial charge in [-0.3, -0.25) is 9.59 Å². The van der Waals surface area contributed by atoms with Crippen LogP contribution in [0.15, 0.2) is 59.4 Å². The van der Waals surface area contributed by atoms with Gasteiger partial charge in [0.15, 0.2) is 0 Å². The van der Waals surface area contributed by atoms with Gasteiger partial charge in [-0.2, -0.15) is 0 Å². The maximum absolute atomic E-state index is 11.8. The van der Waals surface area contributed by atoms with E-state index in [0.29, 0.717) is 18.7 Å². The largest absolute Gasteiger partial charge is 0.326 e. The molecule has 0 unspecified atom stereocenters. The normalized spacial score (nSPS) is 11.3. The topological polar surface area (TPSA) is 70.6 Å². The first kappa shape index (κ1) is 19.4. The highest BCUT2D eigenvalue weighted by atomic mass is 16.2. The van der Waals surface area contributed by atoms with Gasteiger partial charge in [-0.05, 0) is 44.7 Å². The van der Waals surface area contributed by atoms with Gasteiger partial charge in [0.25, 0.3) is 0 Å². The number of rotatable bonds is 10. The van der Waals surface area contributed by atoms with Gasteiger partial charge in [-0.15, -0.1) is 0 Å². The first-order valence-corrected chi connectivity index (χ1v) is 8.10. The molecule has 0 radical (unpaired) electrons. The summed E-state index contributed by atoms with van der Waals surface area (Å²) in [5.41, 5.74) is 0.805. The lowest BCUT2D eigenvalue weighted by Gasteiger charge is -2.06. The van der Waals surface area contributed by atoms with Crippen LogP contribution in [0.4, 0.5) is 5.69 Å². The average Bonchev–Trinajstić information content (AvgIpc) is 2.59. The van der Waals surface area contributed by atoms with Crippen molar-refractivity contribution in [3.8, 4) is 0 Å². The zero-order valence-corrected chi connectivity index (χ0v) is 14.1. The van der Waals surface area contributed by atoms with Crippen molar-refractivity contribution in [2.24, 2.45) is 4.99 Å². The van der Waals surface area contributed by atoms with Crippen LogP contribution >= 0.6 is 0 Å². The summed E-state index contributed by atoms with van der Waals surface area (Å²) in [4.78, 5) is 27.3. The molecule has 0 atom stereocenters. The van der Waals surface area contributed by atoms with Crippen LogP contribution in [0.5, 0.6) is 0 Å². The molecule has 0 saturated heterocycles. The highest BCUT2D eigenvalue weighted by Gasteiger charge is 2.05. The van der Waals surface area contributed by atoms with Crippen molar-refractivity contribution in [3.05, 3.63) is 54.4 Å². The molecular weight excluding hydrogens is 302 g/mol. The molecule has 0 bridgehead atoms. The Balaban J connectivity index is 2.16. The lowest BCUT2D eigenvalue weighted by Crippen LogP contribution is -2.21. The van der Waals surface area contributed by atoms with Crippen LogP contribution in [0.2, 0.25) is 0 Å². The molecule has 24 heavy (non-hydrogen) atoms. The summed E-state index contributed by atoms with van der Waals surface area (Å²) in [6, 6.07) is 9.38. The summed E-state index contributed by atoms with van der Waals surface area (Å²) in [6.45, 7) is 5.30. The van der Waals surface area contributed by atoms with E-state index in [4.69, 9.17) is 0 Å². The molecule has 0 saturated carbocycles. The first-order chi connectivity index (χ1) is 11.7. The molecule has 5 heteroatoms. The minimum Gasteiger partial charge on any atom is -0.326 e. The standard InChI is InChI=1S/C19H25N3O2/c1-3-4-13-17(20-2)22-19(24)15-10-6-9-14-18(23)21-16-11-7-5-8-12-16/h3-5,7-8,11-13H,2,6,9-10,14-15H2,1H3,(H,21,23)(H,22,24)/b4-3-,17-13+. The second-order valence-electron chi connectivity index (χ2n) is 5.26. The number of unbranched alkanes of at least 4 members (excludes halogenated alkanes) is 2. The number of amides is 2. The molecule has 0 aliphatic heterocycles. The number of carbonyl (C=O) groups excluding carboxylic acids is 2. The minimum absolute atomic E-state index is 0.00178. The number of nitrogens with one attached hydrogen (secondary N) is 2. The molecular formula is C19H25N3O2. The van der Waals surface area contributed by atoms with Crippen molar-refractivity contribution in [2.75, 3.05) is 5.32 Å². The molecule has 0 aliphatic rings. The number of hydrogen-bond acceptors (Lipinski definition) is 3. The van der Waals surface area contributed by atoms with Gasteiger partial charge < -0.3 is 10.6 Å². The summed E-state index contributed by atoms with van der Waals surface area (Å²) < 4.78 is 0. The number of benzene rings is 1. The van der Waals surface area contributed by atoms with Gasteiger partial charge in [-0.25, -0.2) is 4.99 Å². The Kier molecular flexibility index (Phi) is 9.53. The van der Waals surface area contributed by atoms with Crippen LogP contribution in [-0.2, 0) is 9.59 Å². The number of aliphatic imine (C=N–C) groups is 1. The summed E-state index contributed by atoms with van der Waals surface area (Å²) >= 11 is 0. The van der Waals surface area contributed by atoms with Gasteiger partial charge in [0.05, 0.1) is 0 Å². The Morgan fingerprint density at radius 3 is 2.38 bits per heavy atom. The molecule has 0 spiro atoms. The summed E-state index contributed by atoms with van der Waals surface area (Å²) in [6.07, 6.45) is 8.50. The van der Waals surface area contributed by atoms with Crippen molar-refractivity contribution >= 4 is 24.2 Å². The number of hydrogen-bond donors (Lipinski definition) is 2. The second-order valence-corrected chi connectivity index (χ2v) is 5.26. The number of nitrogens with zero attached hydrogens (tertiary/aromatic N) is 1. The molecule has 1 aromatic carbocycles. The second kappa shape index (κ2) is 11.8. The zero-order chi connectivity index (χ0) is 17.6. The third kappa shape index (κ3) is 8.68. The molecule has 0 fully saturated rings. The third-order valence-electron chi connectivity index (χ3n) is 3.25. The maximum Gasteiger partial charge on any atom is 0.225 e. The Labute approximate surface area is 143 Å². The van der Waals surface area contributed by atoms with Crippen LogP contribution < -0.4 is 10.6 Å². The van der Waals surface area contributed by atoms with Crippen LogP contribution in [0.25, 0.3) is 0 Å². The molecule has 5 nitrogen and oxygen atoms in total. The molecule has 128 valence electrons. The van der Waals surface area contributed by atoms with Gasteiger partial charge >= 0.3 is 0 Å². The van der Waals surface area contributed by atoms with Gasteiger partial charge in [0, 0.05) is 18.5 Å². The highest BCUT2D eigenvalue weighted by Crippen LogP contribution is 2.08. The fraction of sp³-hybridized carbons (Fsp3) is 0.316. The van der Waals surface area contributed by atoms with E-state index >= 15 is 0 Å². The molecule has 0 aromatic heterocycles. The predicted molar refractivity (Wildman–Crippen MR) is 98.7 cm³/mol. The number of para-hydroxylation sites is 1. The Morgan fingerprint density at radius 2 is 1.75 bits per heavy atom. The molecule has 0 heterocycles. The summed E-state index contributed by atoms with van der Waals surface area (Å²) in [5, 5.41) is 5.54. The van der Waals surface area contributed by atoms with E-state index in [0.717, 1.165) is 24.9 Å². The predicted octanol–water partition coefficient (Wildman–Crippen LogP) is 3.81. The van der Waals surface area contributed by atoms with Crippen molar-refractivity contribution in [1.82, 2.24) is 5.32 Å². The van der Waals surface area contributed by atoms with Crippen molar-refractivity contribution in [3.63, 3.8) is 0 Å². The first-order valence-electron chi connectivity index (χ1n) is 8.10. The van der Waals surface area contributed by atoms with E-state index in [2.05, 4.69) is 22.3 Å². The average molecular weight is 327 g/mol. The Hall–Kier alpha value is -2.69. The molecule has 1 aromatic rings. The maximum atomic E-state index is 11.8. The van der Waals surface area contributed by atoms with Crippen LogP contribution in [0, 0.1) is 0 Å². The summed E-state index contributed by atoms with van der Waals surface area (Å²) in [7, 11) is 0. The fourth-order valence-electron chi connectivity index (χ4n) is 2.02.